The molecule has 0 saturated carbocycles. The summed E-state index contributed by atoms with van der Waals surface area (Å²) in [6.07, 6.45) is 1.68. The molecular formula is C17H21ClN4O4. The maximum atomic E-state index is 12.3. The van der Waals surface area contributed by atoms with Crippen LogP contribution in [0, 0.1) is 0 Å². The SMILES string of the molecule is CC(C)(C)OC(=O)Cn1c(=O)nc(Cl)c2ncc(N3CCOCC3)cc21. The van der Waals surface area contributed by atoms with Crippen molar-refractivity contribution in [1.29, 1.82) is 0 Å². The number of carbonyl (C=O) groups is 1. The van der Waals surface area contributed by atoms with Crippen LogP contribution in [0.15, 0.2) is 17.1 Å². The zero-order valence-corrected chi connectivity index (χ0v) is 15.7. The fraction of sp³-hybridized carbons (Fsp3) is 0.529. The van der Waals surface area contributed by atoms with Crippen molar-refractivity contribution in [3.8, 4) is 0 Å². The molecule has 140 valence electrons. The predicted octanol–water partition coefficient (Wildman–Crippen LogP) is 1.62. The van der Waals surface area contributed by atoms with Crippen molar-refractivity contribution >= 4 is 34.3 Å². The second-order valence-corrected chi connectivity index (χ2v) is 7.38. The van der Waals surface area contributed by atoms with Gasteiger partial charge in [-0.25, -0.2) is 9.78 Å². The molecule has 0 radical (unpaired) electrons. The summed E-state index contributed by atoms with van der Waals surface area (Å²) in [6, 6.07) is 1.80. The number of pyridine rings is 1. The van der Waals surface area contributed by atoms with Crippen molar-refractivity contribution in [3.05, 3.63) is 27.9 Å². The summed E-state index contributed by atoms with van der Waals surface area (Å²) in [5.41, 5.74) is 0.388. The number of ether oxygens (including phenoxy) is 2. The van der Waals surface area contributed by atoms with Gasteiger partial charge in [0.25, 0.3) is 0 Å². The van der Waals surface area contributed by atoms with Crippen LogP contribution in [-0.2, 0) is 20.8 Å². The smallest absolute Gasteiger partial charge is 0.350 e. The van der Waals surface area contributed by atoms with Gasteiger partial charge in [-0.2, -0.15) is 4.98 Å². The molecule has 0 spiro atoms. The van der Waals surface area contributed by atoms with Gasteiger partial charge in [0.2, 0.25) is 0 Å². The minimum absolute atomic E-state index is 0.0129. The molecule has 0 unspecified atom stereocenters. The minimum Gasteiger partial charge on any atom is -0.459 e. The Hall–Kier alpha value is -2.19. The van der Waals surface area contributed by atoms with Crippen LogP contribution in [0.3, 0.4) is 0 Å². The highest BCUT2D eigenvalue weighted by molar-refractivity contribution is 6.33. The van der Waals surface area contributed by atoms with E-state index in [0.717, 1.165) is 18.8 Å². The number of carbonyl (C=O) groups excluding carboxylic acids is 1. The summed E-state index contributed by atoms with van der Waals surface area (Å²) >= 11 is 6.08. The summed E-state index contributed by atoms with van der Waals surface area (Å²) in [4.78, 5) is 34.8. The molecule has 0 atom stereocenters. The number of esters is 1. The van der Waals surface area contributed by atoms with E-state index in [2.05, 4.69) is 14.9 Å². The van der Waals surface area contributed by atoms with E-state index in [1.165, 1.54) is 4.57 Å². The van der Waals surface area contributed by atoms with Gasteiger partial charge in [0.05, 0.1) is 30.6 Å². The normalized spacial score (nSPS) is 15.3. The minimum atomic E-state index is -0.645. The third-order valence-electron chi connectivity index (χ3n) is 3.85. The quantitative estimate of drug-likeness (QED) is 0.590. The van der Waals surface area contributed by atoms with E-state index in [1.54, 1.807) is 33.0 Å². The lowest BCUT2D eigenvalue weighted by Crippen LogP contribution is -2.36. The summed E-state index contributed by atoms with van der Waals surface area (Å²) in [5.74, 6) is -0.526. The molecule has 9 heteroatoms. The van der Waals surface area contributed by atoms with E-state index in [9.17, 15) is 9.59 Å². The van der Waals surface area contributed by atoms with Crippen molar-refractivity contribution in [3.63, 3.8) is 0 Å². The molecule has 1 aliphatic rings. The monoisotopic (exact) mass is 380 g/mol. The lowest BCUT2D eigenvalue weighted by atomic mass is 10.2. The number of anilines is 1. The topological polar surface area (TPSA) is 86.5 Å². The molecule has 1 aliphatic heterocycles. The Bertz CT molecular complexity index is 885. The van der Waals surface area contributed by atoms with E-state index in [1.807, 2.05) is 0 Å². The highest BCUT2D eigenvalue weighted by atomic mass is 35.5. The molecule has 1 fully saturated rings. The van der Waals surface area contributed by atoms with Gasteiger partial charge in [0, 0.05) is 13.1 Å². The first-order valence-electron chi connectivity index (χ1n) is 8.35. The Morgan fingerprint density at radius 1 is 1.35 bits per heavy atom. The molecule has 2 aromatic heterocycles. The van der Waals surface area contributed by atoms with Gasteiger partial charge < -0.3 is 14.4 Å². The zero-order chi connectivity index (χ0) is 18.9. The van der Waals surface area contributed by atoms with Gasteiger partial charge in [-0.1, -0.05) is 11.6 Å². The van der Waals surface area contributed by atoms with Gasteiger partial charge in [-0.05, 0) is 26.8 Å². The van der Waals surface area contributed by atoms with E-state index in [4.69, 9.17) is 21.1 Å². The van der Waals surface area contributed by atoms with Gasteiger partial charge in [-0.3, -0.25) is 9.36 Å². The summed E-state index contributed by atoms with van der Waals surface area (Å²) < 4.78 is 11.9. The van der Waals surface area contributed by atoms with Crippen LogP contribution in [-0.4, -0.2) is 52.4 Å². The average Bonchev–Trinajstić information content (AvgIpc) is 2.57. The second-order valence-electron chi connectivity index (χ2n) is 7.02. The van der Waals surface area contributed by atoms with Crippen molar-refractivity contribution in [2.24, 2.45) is 0 Å². The Morgan fingerprint density at radius 2 is 2.04 bits per heavy atom. The van der Waals surface area contributed by atoms with Crippen molar-refractivity contribution in [2.75, 3.05) is 31.2 Å². The first-order chi connectivity index (χ1) is 12.2. The lowest BCUT2D eigenvalue weighted by molar-refractivity contribution is -0.155. The number of rotatable bonds is 3. The molecule has 1 saturated heterocycles. The lowest BCUT2D eigenvalue weighted by Gasteiger charge is -2.28. The summed E-state index contributed by atoms with van der Waals surface area (Å²) in [6.45, 7) is 7.74. The van der Waals surface area contributed by atoms with Gasteiger partial charge >= 0.3 is 11.7 Å². The first kappa shape index (κ1) is 18.6. The van der Waals surface area contributed by atoms with E-state index in [0.29, 0.717) is 24.2 Å². The number of halogens is 1. The van der Waals surface area contributed by atoms with Crippen molar-refractivity contribution in [2.45, 2.75) is 32.9 Å². The van der Waals surface area contributed by atoms with Crippen LogP contribution in [0.1, 0.15) is 20.8 Å². The van der Waals surface area contributed by atoms with Crippen LogP contribution < -0.4 is 10.6 Å². The number of hydrogen-bond acceptors (Lipinski definition) is 7. The van der Waals surface area contributed by atoms with Crippen LogP contribution in [0.4, 0.5) is 5.69 Å². The molecule has 0 aromatic carbocycles. The maximum absolute atomic E-state index is 12.3. The molecule has 8 nitrogen and oxygen atoms in total. The fourth-order valence-electron chi connectivity index (χ4n) is 2.76. The van der Waals surface area contributed by atoms with Gasteiger partial charge in [-0.15, -0.1) is 0 Å². The van der Waals surface area contributed by atoms with Crippen LogP contribution >= 0.6 is 11.6 Å². The highest BCUT2D eigenvalue weighted by Crippen LogP contribution is 2.23. The number of morpholine rings is 1. The van der Waals surface area contributed by atoms with Gasteiger partial charge in [0.15, 0.2) is 5.15 Å². The molecule has 0 aliphatic carbocycles. The molecule has 26 heavy (non-hydrogen) atoms. The fourth-order valence-corrected chi connectivity index (χ4v) is 2.98. The Labute approximate surface area is 155 Å². The zero-order valence-electron chi connectivity index (χ0n) is 15.0. The van der Waals surface area contributed by atoms with Crippen molar-refractivity contribution < 1.29 is 14.3 Å². The third kappa shape index (κ3) is 4.13. The molecule has 0 bridgehead atoms. The predicted molar refractivity (Wildman–Crippen MR) is 97.7 cm³/mol. The van der Waals surface area contributed by atoms with Crippen LogP contribution in [0.5, 0.6) is 0 Å². The Morgan fingerprint density at radius 3 is 2.69 bits per heavy atom. The molecule has 0 N–H and O–H groups in total. The van der Waals surface area contributed by atoms with E-state index in [-0.39, 0.29) is 11.7 Å². The van der Waals surface area contributed by atoms with Crippen LogP contribution in [0.2, 0.25) is 5.15 Å². The average molecular weight is 381 g/mol. The molecule has 3 heterocycles. The Balaban J connectivity index is 2.03. The number of nitrogens with zero attached hydrogens (tertiary/aromatic N) is 4. The van der Waals surface area contributed by atoms with Crippen molar-refractivity contribution in [1.82, 2.24) is 14.5 Å². The second kappa shape index (κ2) is 7.20. The summed E-state index contributed by atoms with van der Waals surface area (Å²) in [7, 11) is 0. The van der Waals surface area contributed by atoms with E-state index >= 15 is 0 Å². The van der Waals surface area contributed by atoms with Crippen LogP contribution in [0.25, 0.3) is 11.0 Å². The Kier molecular flexibility index (Phi) is 5.15. The maximum Gasteiger partial charge on any atom is 0.350 e. The number of fused-ring (bicyclic) bond motifs is 1. The highest BCUT2D eigenvalue weighted by Gasteiger charge is 2.20. The van der Waals surface area contributed by atoms with E-state index < -0.39 is 17.3 Å². The molecular weight excluding hydrogens is 360 g/mol. The largest absolute Gasteiger partial charge is 0.459 e. The molecule has 3 rings (SSSR count). The van der Waals surface area contributed by atoms with Gasteiger partial charge in [0.1, 0.15) is 17.7 Å². The number of aromatic nitrogens is 3. The first-order valence-corrected chi connectivity index (χ1v) is 8.73. The summed E-state index contributed by atoms with van der Waals surface area (Å²) in [5, 5.41) is 0.0129. The molecule has 2 aromatic rings. The third-order valence-corrected chi connectivity index (χ3v) is 4.11. The number of hydrogen-bond donors (Lipinski definition) is 0. The molecule has 0 amide bonds. The standard InChI is InChI=1S/C17H21ClN4O4/c1-17(2,3)26-13(23)10-22-12-8-11(21-4-6-25-7-5-21)9-19-14(12)15(18)20-16(22)24/h8-9H,4-7,10H2,1-3H3.